The number of aliphatic hydroxyl groups is 1. The first kappa shape index (κ1) is 9.34. The van der Waals surface area contributed by atoms with Crippen molar-refractivity contribution in [2.45, 2.75) is 19.8 Å². The van der Waals surface area contributed by atoms with E-state index in [1.54, 1.807) is 0 Å². The highest BCUT2D eigenvalue weighted by Crippen LogP contribution is 2.40. The monoisotopic (exact) mass is 194 g/mol. The number of aliphatic hydroxyl groups excluding tert-OH is 1. The summed E-state index contributed by atoms with van der Waals surface area (Å²) in [6.45, 7) is 4.40. The van der Waals surface area contributed by atoms with Crippen LogP contribution in [0.15, 0.2) is 12.1 Å². The van der Waals surface area contributed by atoms with E-state index in [-0.39, 0.29) is 19.3 Å². The Balaban J connectivity index is 2.51. The summed E-state index contributed by atoms with van der Waals surface area (Å²) < 4.78 is 10.7. The number of fused-ring (bicyclic) bond motifs is 1. The van der Waals surface area contributed by atoms with E-state index in [4.69, 9.17) is 14.6 Å². The molecular weight excluding hydrogens is 180 g/mol. The molecular formula is C11H14O3. The second-order valence-corrected chi connectivity index (χ2v) is 3.61. The highest BCUT2D eigenvalue weighted by atomic mass is 16.7. The van der Waals surface area contributed by atoms with E-state index in [0.717, 1.165) is 22.6 Å². The predicted molar refractivity (Wildman–Crippen MR) is 52.8 cm³/mol. The van der Waals surface area contributed by atoms with Gasteiger partial charge in [0.25, 0.3) is 0 Å². The van der Waals surface area contributed by atoms with Crippen molar-refractivity contribution in [3.8, 4) is 11.5 Å². The lowest BCUT2D eigenvalue weighted by Crippen LogP contribution is -2.03. The second kappa shape index (κ2) is 3.50. The summed E-state index contributed by atoms with van der Waals surface area (Å²) in [6.07, 6.45) is 0. The molecule has 0 aliphatic carbocycles. The summed E-state index contributed by atoms with van der Waals surface area (Å²) in [7, 11) is 0. The average Bonchev–Trinajstić information content (AvgIpc) is 2.64. The molecule has 76 valence electrons. The minimum atomic E-state index is 0.0895. The van der Waals surface area contributed by atoms with Gasteiger partial charge in [0.15, 0.2) is 11.5 Å². The molecule has 0 aromatic heterocycles. The third kappa shape index (κ3) is 1.34. The van der Waals surface area contributed by atoms with Crippen molar-refractivity contribution in [3.05, 3.63) is 23.3 Å². The molecule has 0 bridgehead atoms. The minimum absolute atomic E-state index is 0.0895. The number of hydrogen-bond acceptors (Lipinski definition) is 3. The van der Waals surface area contributed by atoms with Crippen molar-refractivity contribution in [1.82, 2.24) is 0 Å². The third-order valence-electron chi connectivity index (χ3n) is 2.56. The van der Waals surface area contributed by atoms with Crippen molar-refractivity contribution in [1.29, 1.82) is 0 Å². The van der Waals surface area contributed by atoms with Gasteiger partial charge in [-0.25, -0.2) is 0 Å². The van der Waals surface area contributed by atoms with Crippen molar-refractivity contribution >= 4 is 0 Å². The maximum absolute atomic E-state index is 9.15. The lowest BCUT2D eigenvalue weighted by molar-refractivity contribution is 0.172. The SMILES string of the molecule is Cc1ccc2c(c1C(C)CO)OCO2. The van der Waals surface area contributed by atoms with Crippen LogP contribution in [-0.2, 0) is 0 Å². The number of benzene rings is 1. The van der Waals surface area contributed by atoms with E-state index in [9.17, 15) is 0 Å². The molecule has 1 atom stereocenters. The van der Waals surface area contributed by atoms with E-state index < -0.39 is 0 Å². The molecule has 0 saturated carbocycles. The fraction of sp³-hybridized carbons (Fsp3) is 0.455. The van der Waals surface area contributed by atoms with Gasteiger partial charge in [0, 0.05) is 18.1 Å². The number of rotatable bonds is 2. The molecule has 1 aromatic carbocycles. The Hall–Kier alpha value is -1.22. The fourth-order valence-corrected chi connectivity index (χ4v) is 1.80. The quantitative estimate of drug-likeness (QED) is 0.780. The highest BCUT2D eigenvalue weighted by molar-refractivity contribution is 5.53. The normalized spacial score (nSPS) is 15.6. The van der Waals surface area contributed by atoms with Crippen LogP contribution in [0.4, 0.5) is 0 Å². The van der Waals surface area contributed by atoms with E-state index in [2.05, 4.69) is 0 Å². The molecule has 1 heterocycles. The Morgan fingerprint density at radius 2 is 2.21 bits per heavy atom. The Labute approximate surface area is 83.3 Å². The minimum Gasteiger partial charge on any atom is -0.454 e. The van der Waals surface area contributed by atoms with Gasteiger partial charge in [-0.2, -0.15) is 0 Å². The first-order valence-electron chi connectivity index (χ1n) is 4.74. The number of ether oxygens (including phenoxy) is 2. The van der Waals surface area contributed by atoms with Gasteiger partial charge in [-0.15, -0.1) is 0 Å². The van der Waals surface area contributed by atoms with Crippen molar-refractivity contribution in [3.63, 3.8) is 0 Å². The zero-order valence-electron chi connectivity index (χ0n) is 8.41. The molecule has 3 heteroatoms. The summed E-state index contributed by atoms with van der Waals surface area (Å²) in [5.74, 6) is 1.67. The molecule has 1 unspecified atom stereocenters. The van der Waals surface area contributed by atoms with Gasteiger partial charge >= 0.3 is 0 Å². The number of hydrogen-bond donors (Lipinski definition) is 1. The van der Waals surface area contributed by atoms with Crippen LogP contribution in [0.25, 0.3) is 0 Å². The molecule has 1 aromatic rings. The summed E-state index contributed by atoms with van der Waals surface area (Å²) in [5.41, 5.74) is 2.19. The van der Waals surface area contributed by atoms with Crippen molar-refractivity contribution in [2.75, 3.05) is 13.4 Å². The third-order valence-corrected chi connectivity index (χ3v) is 2.56. The smallest absolute Gasteiger partial charge is 0.231 e. The topological polar surface area (TPSA) is 38.7 Å². The van der Waals surface area contributed by atoms with Crippen LogP contribution in [0.2, 0.25) is 0 Å². The zero-order valence-corrected chi connectivity index (χ0v) is 8.41. The maximum Gasteiger partial charge on any atom is 0.231 e. The van der Waals surface area contributed by atoms with E-state index in [1.165, 1.54) is 0 Å². The van der Waals surface area contributed by atoms with Crippen LogP contribution < -0.4 is 9.47 Å². The van der Waals surface area contributed by atoms with Gasteiger partial charge in [0.05, 0.1) is 0 Å². The van der Waals surface area contributed by atoms with Crippen LogP contribution in [-0.4, -0.2) is 18.5 Å². The number of aryl methyl sites for hydroxylation is 1. The standard InChI is InChI=1S/C11H14O3/c1-7-3-4-9-11(14-6-13-9)10(7)8(2)5-12/h3-4,8,12H,5-6H2,1-2H3. The van der Waals surface area contributed by atoms with Gasteiger partial charge in [-0.3, -0.25) is 0 Å². The van der Waals surface area contributed by atoms with Gasteiger partial charge < -0.3 is 14.6 Å². The Morgan fingerprint density at radius 3 is 2.93 bits per heavy atom. The molecule has 0 saturated heterocycles. The van der Waals surface area contributed by atoms with Gasteiger partial charge in [0.2, 0.25) is 6.79 Å². The molecule has 0 spiro atoms. The molecule has 1 aliphatic heterocycles. The molecule has 14 heavy (non-hydrogen) atoms. The molecule has 1 N–H and O–H groups in total. The first-order valence-corrected chi connectivity index (χ1v) is 4.74. The zero-order chi connectivity index (χ0) is 10.1. The fourth-order valence-electron chi connectivity index (χ4n) is 1.80. The summed E-state index contributed by atoms with van der Waals surface area (Å²) >= 11 is 0. The van der Waals surface area contributed by atoms with Crippen LogP contribution >= 0.6 is 0 Å². The Morgan fingerprint density at radius 1 is 1.43 bits per heavy atom. The molecule has 2 rings (SSSR count). The first-order chi connectivity index (χ1) is 6.74. The van der Waals surface area contributed by atoms with Gasteiger partial charge in [-0.05, 0) is 18.6 Å². The molecule has 3 nitrogen and oxygen atoms in total. The van der Waals surface area contributed by atoms with E-state index in [0.29, 0.717) is 0 Å². The summed E-state index contributed by atoms with van der Waals surface area (Å²) in [6, 6.07) is 3.90. The lowest BCUT2D eigenvalue weighted by Gasteiger charge is -2.14. The Kier molecular flexibility index (Phi) is 2.33. The van der Waals surface area contributed by atoms with Crippen LogP contribution in [0, 0.1) is 6.92 Å². The van der Waals surface area contributed by atoms with Gasteiger partial charge in [-0.1, -0.05) is 13.0 Å². The Bertz CT molecular complexity index is 347. The van der Waals surface area contributed by atoms with E-state index >= 15 is 0 Å². The largest absolute Gasteiger partial charge is 0.454 e. The van der Waals surface area contributed by atoms with Crippen LogP contribution in [0.5, 0.6) is 11.5 Å². The average molecular weight is 194 g/mol. The molecule has 0 fully saturated rings. The molecule has 0 amide bonds. The summed E-state index contributed by atoms with van der Waals surface area (Å²) in [4.78, 5) is 0. The second-order valence-electron chi connectivity index (χ2n) is 3.61. The summed E-state index contributed by atoms with van der Waals surface area (Å²) in [5, 5.41) is 9.15. The lowest BCUT2D eigenvalue weighted by atomic mass is 9.95. The van der Waals surface area contributed by atoms with Gasteiger partial charge in [0.1, 0.15) is 0 Å². The van der Waals surface area contributed by atoms with Crippen molar-refractivity contribution in [2.24, 2.45) is 0 Å². The highest BCUT2D eigenvalue weighted by Gasteiger charge is 2.22. The molecule has 0 radical (unpaired) electrons. The predicted octanol–water partition coefficient (Wildman–Crippen LogP) is 1.82. The van der Waals surface area contributed by atoms with Crippen molar-refractivity contribution < 1.29 is 14.6 Å². The van der Waals surface area contributed by atoms with E-state index in [1.807, 2.05) is 26.0 Å². The van der Waals surface area contributed by atoms with Crippen LogP contribution in [0.3, 0.4) is 0 Å². The maximum atomic E-state index is 9.15. The van der Waals surface area contributed by atoms with Crippen LogP contribution in [0.1, 0.15) is 24.0 Å². The molecule has 1 aliphatic rings.